The van der Waals surface area contributed by atoms with Gasteiger partial charge in [0.05, 0.1) is 9.82 Å². The Kier molecular flexibility index (Phi) is 5.99. The second-order valence-corrected chi connectivity index (χ2v) is 8.51. The lowest BCUT2D eigenvalue weighted by molar-refractivity contribution is -0.385. The average Bonchev–Trinajstić information content (AvgIpc) is 2.58. The highest BCUT2D eigenvalue weighted by Gasteiger charge is 2.19. The van der Waals surface area contributed by atoms with Gasteiger partial charge in [-0.15, -0.1) is 0 Å². The van der Waals surface area contributed by atoms with Gasteiger partial charge in [0.25, 0.3) is 5.69 Å². The molecule has 0 aliphatic carbocycles. The Bertz CT molecular complexity index is 888. The van der Waals surface area contributed by atoms with Gasteiger partial charge in [0.15, 0.2) is 0 Å². The van der Waals surface area contributed by atoms with Crippen molar-refractivity contribution in [3.63, 3.8) is 0 Å². The van der Waals surface area contributed by atoms with Gasteiger partial charge in [0.1, 0.15) is 12.4 Å². The maximum absolute atomic E-state index is 12.3. The number of benzene rings is 2. The van der Waals surface area contributed by atoms with Gasteiger partial charge < -0.3 is 4.74 Å². The van der Waals surface area contributed by atoms with Crippen LogP contribution in [-0.4, -0.2) is 26.5 Å². The minimum atomic E-state index is -3.84. The summed E-state index contributed by atoms with van der Waals surface area (Å²) in [7, 11) is -3.84. The first-order valence-corrected chi connectivity index (χ1v) is 9.56. The fraction of sp³-hybridized carbons (Fsp3) is 0.333. The maximum atomic E-state index is 12.3. The molecular formula is C18H22N2O5S. The summed E-state index contributed by atoms with van der Waals surface area (Å²) < 4.78 is 32.6. The summed E-state index contributed by atoms with van der Waals surface area (Å²) in [5, 5.41) is 10.8. The Morgan fingerprint density at radius 1 is 1.12 bits per heavy atom. The number of rotatable bonds is 7. The van der Waals surface area contributed by atoms with E-state index in [0.717, 1.165) is 11.6 Å². The highest BCUT2D eigenvalue weighted by molar-refractivity contribution is 7.89. The molecule has 0 heterocycles. The number of ether oxygens (including phenoxy) is 1. The fourth-order valence-electron chi connectivity index (χ4n) is 2.40. The van der Waals surface area contributed by atoms with Crippen molar-refractivity contribution >= 4 is 15.7 Å². The summed E-state index contributed by atoms with van der Waals surface area (Å²) in [6.45, 7) is 6.39. The van der Waals surface area contributed by atoms with Crippen LogP contribution in [0, 0.1) is 10.1 Å². The van der Waals surface area contributed by atoms with Crippen LogP contribution >= 0.6 is 0 Å². The summed E-state index contributed by atoms with van der Waals surface area (Å²) in [5.41, 5.74) is 0.656. The van der Waals surface area contributed by atoms with E-state index in [9.17, 15) is 18.5 Å². The number of nitro benzene ring substituents is 1. The van der Waals surface area contributed by atoms with Crippen molar-refractivity contribution in [1.82, 2.24) is 4.72 Å². The van der Waals surface area contributed by atoms with Gasteiger partial charge >= 0.3 is 0 Å². The lowest BCUT2D eigenvalue weighted by Crippen LogP contribution is -2.28. The van der Waals surface area contributed by atoms with Crippen molar-refractivity contribution in [3.05, 3.63) is 64.2 Å². The van der Waals surface area contributed by atoms with Gasteiger partial charge in [0, 0.05) is 18.7 Å². The third-order valence-electron chi connectivity index (χ3n) is 3.69. The van der Waals surface area contributed by atoms with Crippen LogP contribution in [0.2, 0.25) is 0 Å². The van der Waals surface area contributed by atoms with Gasteiger partial charge in [-0.1, -0.05) is 45.0 Å². The Morgan fingerprint density at radius 2 is 1.81 bits per heavy atom. The molecule has 0 aliphatic rings. The molecule has 8 heteroatoms. The molecule has 0 amide bonds. The smallest absolute Gasteiger partial charge is 0.270 e. The standard InChI is InChI=1S/C18H22N2O5S/c1-18(2,3)16-9-4-5-10-17(16)25-12-11-19-26(23,24)15-8-6-7-14(13-15)20(21)22/h4-10,13,19H,11-12H2,1-3H3. The summed E-state index contributed by atoms with van der Waals surface area (Å²) >= 11 is 0. The molecule has 0 aromatic heterocycles. The molecule has 0 bridgehead atoms. The molecule has 0 radical (unpaired) electrons. The highest BCUT2D eigenvalue weighted by atomic mass is 32.2. The van der Waals surface area contributed by atoms with Gasteiger partial charge in [-0.25, -0.2) is 13.1 Å². The Balaban J connectivity index is 2.00. The van der Waals surface area contributed by atoms with E-state index >= 15 is 0 Å². The van der Waals surface area contributed by atoms with Crippen molar-refractivity contribution in [2.75, 3.05) is 13.2 Å². The van der Waals surface area contributed by atoms with Crippen LogP contribution in [0.4, 0.5) is 5.69 Å². The second kappa shape index (κ2) is 7.84. The maximum Gasteiger partial charge on any atom is 0.270 e. The van der Waals surface area contributed by atoms with Gasteiger partial charge in [-0.05, 0) is 23.1 Å². The number of nitro groups is 1. The van der Waals surface area contributed by atoms with E-state index in [1.165, 1.54) is 18.2 Å². The van der Waals surface area contributed by atoms with Crippen LogP contribution < -0.4 is 9.46 Å². The molecule has 1 N–H and O–H groups in total. The lowest BCUT2D eigenvalue weighted by atomic mass is 9.86. The molecule has 26 heavy (non-hydrogen) atoms. The topological polar surface area (TPSA) is 98.5 Å². The van der Waals surface area contributed by atoms with Crippen LogP contribution in [0.1, 0.15) is 26.3 Å². The fourth-order valence-corrected chi connectivity index (χ4v) is 3.45. The van der Waals surface area contributed by atoms with Crippen LogP contribution in [0.25, 0.3) is 0 Å². The summed E-state index contributed by atoms with van der Waals surface area (Å²) in [5.74, 6) is 0.703. The minimum Gasteiger partial charge on any atom is -0.492 e. The number of non-ortho nitro benzene ring substituents is 1. The number of sulfonamides is 1. The van der Waals surface area contributed by atoms with Crippen LogP contribution in [0.5, 0.6) is 5.75 Å². The molecule has 0 aliphatic heterocycles. The largest absolute Gasteiger partial charge is 0.492 e. The molecule has 7 nitrogen and oxygen atoms in total. The SMILES string of the molecule is CC(C)(C)c1ccccc1OCCNS(=O)(=O)c1cccc([N+](=O)[O-])c1. The molecule has 0 saturated carbocycles. The molecule has 2 aromatic rings. The average molecular weight is 378 g/mol. The van der Waals surface area contributed by atoms with Crippen LogP contribution in [0.15, 0.2) is 53.4 Å². The zero-order valence-corrected chi connectivity index (χ0v) is 15.7. The minimum absolute atomic E-state index is 0.0451. The first-order valence-electron chi connectivity index (χ1n) is 8.08. The molecule has 0 spiro atoms. The quantitative estimate of drug-likeness (QED) is 0.453. The number of nitrogens with one attached hydrogen (secondary N) is 1. The number of hydrogen-bond donors (Lipinski definition) is 1. The zero-order chi connectivity index (χ0) is 19.4. The number of nitrogens with zero attached hydrogens (tertiary/aromatic N) is 1. The molecule has 0 saturated heterocycles. The first-order chi connectivity index (χ1) is 12.1. The Morgan fingerprint density at radius 3 is 2.46 bits per heavy atom. The Hall–Kier alpha value is -2.45. The van der Waals surface area contributed by atoms with Crippen molar-refractivity contribution in [2.45, 2.75) is 31.1 Å². The van der Waals surface area contributed by atoms with E-state index < -0.39 is 14.9 Å². The predicted molar refractivity (Wildman–Crippen MR) is 98.9 cm³/mol. The van der Waals surface area contributed by atoms with E-state index in [1.54, 1.807) is 0 Å². The predicted octanol–water partition coefficient (Wildman–Crippen LogP) is 3.25. The lowest BCUT2D eigenvalue weighted by Gasteiger charge is -2.22. The first kappa shape index (κ1) is 19.9. The van der Waals surface area contributed by atoms with Gasteiger partial charge in [-0.3, -0.25) is 10.1 Å². The second-order valence-electron chi connectivity index (χ2n) is 6.75. The molecule has 0 atom stereocenters. The molecule has 2 rings (SSSR count). The van der Waals surface area contributed by atoms with E-state index in [0.29, 0.717) is 5.75 Å². The van der Waals surface area contributed by atoms with Crippen molar-refractivity contribution < 1.29 is 18.1 Å². The summed E-state index contributed by atoms with van der Waals surface area (Å²) in [6.07, 6.45) is 0. The monoisotopic (exact) mass is 378 g/mol. The number of hydrogen-bond acceptors (Lipinski definition) is 5. The van der Waals surface area contributed by atoms with E-state index in [1.807, 2.05) is 24.3 Å². The third-order valence-corrected chi connectivity index (χ3v) is 5.14. The van der Waals surface area contributed by atoms with Crippen molar-refractivity contribution in [2.24, 2.45) is 0 Å². The van der Waals surface area contributed by atoms with Crippen LogP contribution in [0.3, 0.4) is 0 Å². The van der Waals surface area contributed by atoms with E-state index in [4.69, 9.17) is 4.74 Å². The summed E-state index contributed by atoms with van der Waals surface area (Å²) in [4.78, 5) is 10.00. The van der Waals surface area contributed by atoms with Crippen molar-refractivity contribution in [1.29, 1.82) is 0 Å². The van der Waals surface area contributed by atoms with Crippen molar-refractivity contribution in [3.8, 4) is 5.75 Å². The van der Waals surface area contributed by atoms with E-state index in [-0.39, 0.29) is 29.1 Å². The molecule has 140 valence electrons. The van der Waals surface area contributed by atoms with Gasteiger partial charge in [-0.2, -0.15) is 0 Å². The summed E-state index contributed by atoms with van der Waals surface area (Å²) in [6, 6.07) is 12.5. The Labute approximate surface area is 153 Å². The zero-order valence-electron chi connectivity index (χ0n) is 14.9. The molecule has 2 aromatic carbocycles. The van der Waals surface area contributed by atoms with E-state index in [2.05, 4.69) is 25.5 Å². The van der Waals surface area contributed by atoms with Crippen LogP contribution in [-0.2, 0) is 15.4 Å². The normalized spacial score (nSPS) is 12.0. The molecule has 0 unspecified atom stereocenters. The van der Waals surface area contributed by atoms with Gasteiger partial charge in [0.2, 0.25) is 10.0 Å². The number of para-hydroxylation sites is 1. The molecular weight excluding hydrogens is 356 g/mol. The third kappa shape index (κ3) is 5.03. The highest BCUT2D eigenvalue weighted by Crippen LogP contribution is 2.30. The molecule has 0 fully saturated rings.